The lowest BCUT2D eigenvalue weighted by atomic mass is 10.4. The lowest BCUT2D eigenvalue weighted by Gasteiger charge is -2.07. The third-order valence-electron chi connectivity index (χ3n) is 1.99. The molecule has 0 unspecified atom stereocenters. The maximum absolute atomic E-state index is 11.5. The minimum atomic E-state index is -3.31. The topological polar surface area (TPSA) is 98.0 Å². The van der Waals surface area contributed by atoms with Crippen molar-refractivity contribution in [2.24, 2.45) is 0 Å². The Balaban J connectivity index is 2.22. The van der Waals surface area contributed by atoms with Crippen molar-refractivity contribution in [3.63, 3.8) is 0 Å². The van der Waals surface area contributed by atoms with Crippen LogP contribution in [-0.2, 0) is 16.4 Å². The van der Waals surface area contributed by atoms with Crippen LogP contribution in [0.25, 0.3) is 0 Å². The van der Waals surface area contributed by atoms with Crippen LogP contribution in [0.4, 0.5) is 5.82 Å². The summed E-state index contributed by atoms with van der Waals surface area (Å²) >= 11 is 0. The molecule has 0 fully saturated rings. The van der Waals surface area contributed by atoms with E-state index in [4.69, 9.17) is 0 Å². The molecule has 2 rings (SSSR count). The average Bonchev–Trinajstić information content (AvgIpc) is 2.78. The van der Waals surface area contributed by atoms with Gasteiger partial charge < -0.3 is 9.84 Å². The number of hydrogen-bond donors (Lipinski definition) is 1. The van der Waals surface area contributed by atoms with Crippen LogP contribution in [0.5, 0.6) is 0 Å². The first-order valence-corrected chi connectivity index (χ1v) is 6.61. The first kappa shape index (κ1) is 11.5. The van der Waals surface area contributed by atoms with Crippen LogP contribution in [0.1, 0.15) is 5.82 Å². The van der Waals surface area contributed by atoms with E-state index in [-0.39, 0.29) is 17.3 Å². The molecular weight excluding hydrogens is 244 g/mol. The average molecular weight is 254 g/mol. The lowest BCUT2D eigenvalue weighted by molar-refractivity contribution is 0.411. The second-order valence-electron chi connectivity index (χ2n) is 3.32. The molecule has 0 spiro atoms. The van der Waals surface area contributed by atoms with E-state index in [9.17, 15) is 8.42 Å². The minimum absolute atomic E-state index is 0.142. The Morgan fingerprint density at radius 2 is 2.24 bits per heavy atom. The van der Waals surface area contributed by atoms with Crippen LogP contribution in [0.3, 0.4) is 0 Å². The van der Waals surface area contributed by atoms with Crippen molar-refractivity contribution >= 4 is 15.7 Å². The van der Waals surface area contributed by atoms with Gasteiger partial charge in [0.15, 0.2) is 15.7 Å². The molecule has 90 valence electrons. The highest BCUT2D eigenvalue weighted by Gasteiger charge is 2.13. The maximum atomic E-state index is 11.5. The van der Waals surface area contributed by atoms with Crippen molar-refractivity contribution < 1.29 is 12.9 Å². The molecule has 0 radical (unpaired) electrons. The van der Waals surface area contributed by atoms with Gasteiger partial charge in [-0.05, 0) is 12.1 Å². The van der Waals surface area contributed by atoms with E-state index in [1.165, 1.54) is 18.7 Å². The fourth-order valence-corrected chi connectivity index (χ4v) is 2.06. The number of hydrogen-bond acceptors (Lipinski definition) is 7. The normalized spacial score (nSPS) is 11.4. The maximum Gasteiger partial charge on any atom is 0.213 e. The Labute approximate surface area is 97.8 Å². The Hall–Kier alpha value is -1.96. The highest BCUT2D eigenvalue weighted by molar-refractivity contribution is 7.90. The summed E-state index contributed by atoms with van der Waals surface area (Å²) in [5.74, 6) is 0.704. The van der Waals surface area contributed by atoms with E-state index in [0.29, 0.717) is 5.82 Å². The first-order chi connectivity index (χ1) is 8.07. The van der Waals surface area contributed by atoms with Crippen molar-refractivity contribution in [3.8, 4) is 0 Å². The van der Waals surface area contributed by atoms with E-state index in [0.717, 1.165) is 6.26 Å². The number of aromatic nitrogens is 3. The van der Waals surface area contributed by atoms with E-state index in [1.807, 2.05) is 0 Å². The van der Waals surface area contributed by atoms with Gasteiger partial charge in [0, 0.05) is 12.5 Å². The minimum Gasteiger partial charge on any atom is -0.362 e. The summed E-state index contributed by atoms with van der Waals surface area (Å²) in [6.07, 6.45) is 3.84. The van der Waals surface area contributed by atoms with Gasteiger partial charge in [0.25, 0.3) is 0 Å². The Bertz CT molecular complexity index is 594. The molecule has 0 atom stereocenters. The Kier molecular flexibility index (Phi) is 3.05. The van der Waals surface area contributed by atoms with Gasteiger partial charge in [-0.3, -0.25) is 0 Å². The quantitative estimate of drug-likeness (QED) is 0.847. The van der Waals surface area contributed by atoms with Crippen molar-refractivity contribution in [2.45, 2.75) is 11.4 Å². The summed E-state index contributed by atoms with van der Waals surface area (Å²) in [6.45, 7) is 0.246. The van der Waals surface area contributed by atoms with Gasteiger partial charge in [-0.2, -0.15) is 4.98 Å². The predicted molar refractivity (Wildman–Crippen MR) is 59.0 cm³/mol. The predicted octanol–water partition coefficient (Wildman–Crippen LogP) is 0.480. The second kappa shape index (κ2) is 4.50. The van der Waals surface area contributed by atoms with Crippen molar-refractivity contribution in [1.82, 2.24) is 15.1 Å². The fraction of sp³-hybridized carbons (Fsp3) is 0.222. The van der Waals surface area contributed by atoms with Crippen molar-refractivity contribution in [3.05, 3.63) is 30.5 Å². The van der Waals surface area contributed by atoms with Gasteiger partial charge in [0.2, 0.25) is 6.39 Å². The third kappa shape index (κ3) is 2.78. The highest BCUT2D eigenvalue weighted by atomic mass is 32.2. The molecule has 0 aromatic carbocycles. The SMILES string of the molecule is CS(=O)(=O)c1cccnc1NCc1ncon1. The van der Waals surface area contributed by atoms with Gasteiger partial charge in [0.1, 0.15) is 10.7 Å². The molecule has 0 saturated heterocycles. The first-order valence-electron chi connectivity index (χ1n) is 4.71. The molecule has 2 heterocycles. The molecule has 0 amide bonds. The largest absolute Gasteiger partial charge is 0.362 e. The van der Waals surface area contributed by atoms with E-state index in [2.05, 4.69) is 25.0 Å². The third-order valence-corrected chi connectivity index (χ3v) is 3.12. The fourth-order valence-electron chi connectivity index (χ4n) is 1.26. The van der Waals surface area contributed by atoms with Gasteiger partial charge in [0.05, 0.1) is 6.54 Å². The Morgan fingerprint density at radius 1 is 1.41 bits per heavy atom. The molecule has 2 aromatic heterocycles. The standard InChI is InChI=1S/C9H10N4O3S/c1-17(14,15)7-3-2-4-10-9(7)11-5-8-12-6-16-13-8/h2-4,6H,5H2,1H3,(H,10,11). The molecular formula is C9H10N4O3S. The molecule has 0 saturated carbocycles. The summed E-state index contributed by atoms with van der Waals surface area (Å²) in [5.41, 5.74) is 0. The summed E-state index contributed by atoms with van der Waals surface area (Å²) in [4.78, 5) is 7.92. The number of nitrogens with one attached hydrogen (secondary N) is 1. The smallest absolute Gasteiger partial charge is 0.213 e. The number of nitrogens with zero attached hydrogens (tertiary/aromatic N) is 3. The molecule has 2 aromatic rings. The molecule has 0 aliphatic carbocycles. The number of sulfone groups is 1. The monoisotopic (exact) mass is 254 g/mol. The zero-order chi connectivity index (χ0) is 12.3. The number of anilines is 1. The summed E-state index contributed by atoms with van der Waals surface area (Å²) < 4.78 is 27.5. The van der Waals surface area contributed by atoms with Crippen LogP contribution in [-0.4, -0.2) is 29.8 Å². The zero-order valence-electron chi connectivity index (χ0n) is 8.99. The lowest BCUT2D eigenvalue weighted by Crippen LogP contribution is -2.08. The van der Waals surface area contributed by atoms with E-state index >= 15 is 0 Å². The van der Waals surface area contributed by atoms with E-state index < -0.39 is 9.84 Å². The molecule has 0 aliphatic heterocycles. The van der Waals surface area contributed by atoms with Crippen LogP contribution < -0.4 is 5.32 Å². The van der Waals surface area contributed by atoms with Crippen LogP contribution in [0.15, 0.2) is 34.1 Å². The summed E-state index contributed by atoms with van der Waals surface area (Å²) in [7, 11) is -3.31. The highest BCUT2D eigenvalue weighted by Crippen LogP contribution is 2.17. The van der Waals surface area contributed by atoms with Crippen LogP contribution >= 0.6 is 0 Å². The molecule has 7 nitrogen and oxygen atoms in total. The van der Waals surface area contributed by atoms with Gasteiger partial charge in [-0.25, -0.2) is 13.4 Å². The molecule has 17 heavy (non-hydrogen) atoms. The summed E-state index contributed by atoms with van der Waals surface area (Å²) in [5, 5.41) is 6.44. The number of pyridine rings is 1. The zero-order valence-corrected chi connectivity index (χ0v) is 9.81. The van der Waals surface area contributed by atoms with Crippen molar-refractivity contribution in [2.75, 3.05) is 11.6 Å². The van der Waals surface area contributed by atoms with E-state index in [1.54, 1.807) is 6.07 Å². The van der Waals surface area contributed by atoms with Crippen LogP contribution in [0, 0.1) is 0 Å². The molecule has 8 heteroatoms. The van der Waals surface area contributed by atoms with Gasteiger partial charge in [-0.15, -0.1) is 0 Å². The van der Waals surface area contributed by atoms with Crippen LogP contribution in [0.2, 0.25) is 0 Å². The van der Waals surface area contributed by atoms with Crippen molar-refractivity contribution in [1.29, 1.82) is 0 Å². The second-order valence-corrected chi connectivity index (χ2v) is 5.31. The Morgan fingerprint density at radius 3 is 2.88 bits per heavy atom. The number of rotatable bonds is 4. The molecule has 0 aliphatic rings. The summed E-state index contributed by atoms with van der Waals surface area (Å²) in [6, 6.07) is 3.05. The molecule has 0 bridgehead atoms. The van der Waals surface area contributed by atoms with Gasteiger partial charge >= 0.3 is 0 Å². The molecule has 1 N–H and O–H groups in total. The van der Waals surface area contributed by atoms with Gasteiger partial charge in [-0.1, -0.05) is 5.16 Å².